The number of nitrogens with zero attached hydrogens (tertiary/aromatic N) is 1. The fourth-order valence-electron chi connectivity index (χ4n) is 2.06. The van der Waals surface area contributed by atoms with Crippen LogP contribution in [0.2, 0.25) is 0 Å². The Morgan fingerprint density at radius 3 is 2.77 bits per heavy atom. The Labute approximate surface area is 133 Å². The molecule has 8 heteroatoms. The van der Waals surface area contributed by atoms with Crippen molar-refractivity contribution in [3.05, 3.63) is 34.3 Å². The second-order valence-corrected chi connectivity index (χ2v) is 5.85. The molecule has 0 fully saturated rings. The molecule has 120 valence electrons. The number of alkyl halides is 3. The van der Waals surface area contributed by atoms with Crippen molar-refractivity contribution >= 4 is 27.7 Å². The number of allylic oxidation sites excluding steroid dienone is 3. The van der Waals surface area contributed by atoms with Crippen molar-refractivity contribution in [3.63, 3.8) is 0 Å². The Morgan fingerprint density at radius 2 is 2.18 bits per heavy atom. The van der Waals surface area contributed by atoms with Crippen LogP contribution in [0, 0.1) is 11.8 Å². The minimum Gasteiger partial charge on any atom is -0.416 e. The zero-order valence-electron chi connectivity index (χ0n) is 11.9. The highest BCUT2D eigenvalue weighted by Crippen LogP contribution is 2.33. The van der Waals surface area contributed by atoms with Gasteiger partial charge in [-0.15, -0.1) is 0 Å². The quantitative estimate of drug-likeness (QED) is 0.852. The molecule has 0 aromatic carbocycles. The van der Waals surface area contributed by atoms with Gasteiger partial charge in [-0.1, -0.05) is 48.0 Å². The molecule has 0 aliphatic heterocycles. The molecule has 0 bridgehead atoms. The van der Waals surface area contributed by atoms with Crippen LogP contribution < -0.4 is 5.32 Å². The second-order valence-electron chi connectivity index (χ2n) is 4.93. The zero-order valence-corrected chi connectivity index (χ0v) is 13.5. The maximum absolute atomic E-state index is 12.6. The van der Waals surface area contributed by atoms with Crippen LogP contribution in [-0.4, -0.2) is 10.9 Å². The summed E-state index contributed by atoms with van der Waals surface area (Å²) in [5.41, 5.74) is 0.0720. The first-order chi connectivity index (χ1) is 10.2. The summed E-state index contributed by atoms with van der Waals surface area (Å²) in [5, 5.41) is 2.41. The summed E-state index contributed by atoms with van der Waals surface area (Å²) in [5.74, 6) is -2.60. The number of oxazole rings is 1. The van der Waals surface area contributed by atoms with E-state index >= 15 is 0 Å². The van der Waals surface area contributed by atoms with E-state index in [1.54, 1.807) is 13.0 Å². The van der Waals surface area contributed by atoms with E-state index in [-0.39, 0.29) is 23.9 Å². The molecule has 1 aliphatic carbocycles. The summed E-state index contributed by atoms with van der Waals surface area (Å²) in [6.07, 6.45) is 0.900. The van der Waals surface area contributed by atoms with Gasteiger partial charge >= 0.3 is 12.1 Å². The molecule has 2 rings (SSSR count). The lowest BCUT2D eigenvalue weighted by molar-refractivity contribution is -0.156. The first-order valence-corrected chi connectivity index (χ1v) is 7.45. The molecule has 1 aromatic rings. The molecular formula is C14H14BrF3N2O2. The van der Waals surface area contributed by atoms with Gasteiger partial charge in [0.1, 0.15) is 5.69 Å². The van der Waals surface area contributed by atoms with E-state index in [1.165, 1.54) is 0 Å². The summed E-state index contributed by atoms with van der Waals surface area (Å²) in [6.45, 7) is 3.48. The van der Waals surface area contributed by atoms with E-state index in [9.17, 15) is 18.0 Å². The number of aromatic nitrogens is 1. The van der Waals surface area contributed by atoms with E-state index in [4.69, 9.17) is 0 Å². The molecule has 1 amide bonds. The topological polar surface area (TPSA) is 55.1 Å². The zero-order chi connectivity index (χ0) is 16.5. The van der Waals surface area contributed by atoms with E-state index in [1.807, 2.05) is 19.1 Å². The van der Waals surface area contributed by atoms with Crippen molar-refractivity contribution in [2.24, 2.45) is 11.8 Å². The van der Waals surface area contributed by atoms with Crippen LogP contribution in [-0.2, 0) is 17.4 Å². The number of halogens is 4. The smallest absolute Gasteiger partial charge is 0.416 e. The van der Waals surface area contributed by atoms with Crippen molar-refractivity contribution in [1.82, 2.24) is 4.98 Å². The third-order valence-corrected chi connectivity index (χ3v) is 3.81. The van der Waals surface area contributed by atoms with Crippen LogP contribution in [0.15, 0.2) is 27.1 Å². The van der Waals surface area contributed by atoms with Crippen LogP contribution in [0.1, 0.15) is 25.4 Å². The lowest BCUT2D eigenvalue weighted by Gasteiger charge is -2.20. The Balaban J connectivity index is 2.22. The first kappa shape index (κ1) is 16.8. The predicted molar refractivity (Wildman–Crippen MR) is 78.3 cm³/mol. The molecule has 2 unspecified atom stereocenters. The summed E-state index contributed by atoms with van der Waals surface area (Å²) >= 11 is 3.28. The standard InChI is InChI=1S/C14H14BrF3N2O2/c1-3-10-12(22-13(19-10)14(16,17)18)20-11(21)9-6-8(15)5-4-7(9)2/h4-7,9H,3H2,1-2H3,(H,20,21). The van der Waals surface area contributed by atoms with Gasteiger partial charge in [0, 0.05) is 4.48 Å². The molecule has 2 atom stereocenters. The molecule has 0 spiro atoms. The number of hydrogen-bond donors (Lipinski definition) is 1. The summed E-state index contributed by atoms with van der Waals surface area (Å²) in [7, 11) is 0. The first-order valence-electron chi connectivity index (χ1n) is 6.65. The van der Waals surface area contributed by atoms with Crippen molar-refractivity contribution in [3.8, 4) is 0 Å². The molecule has 1 heterocycles. The number of amides is 1. The van der Waals surface area contributed by atoms with Crippen LogP contribution >= 0.6 is 15.9 Å². The monoisotopic (exact) mass is 378 g/mol. The van der Waals surface area contributed by atoms with Gasteiger partial charge in [0.05, 0.1) is 5.92 Å². The molecular weight excluding hydrogens is 365 g/mol. The molecule has 4 nitrogen and oxygen atoms in total. The number of rotatable bonds is 3. The summed E-state index contributed by atoms with van der Waals surface area (Å²) in [4.78, 5) is 15.7. The number of hydrogen-bond acceptors (Lipinski definition) is 3. The average Bonchev–Trinajstić information content (AvgIpc) is 2.84. The highest BCUT2D eigenvalue weighted by molar-refractivity contribution is 9.11. The number of nitrogens with one attached hydrogen (secondary N) is 1. The van der Waals surface area contributed by atoms with Gasteiger partial charge < -0.3 is 4.42 Å². The predicted octanol–water partition coefficient (Wildman–Crippen LogP) is 4.30. The molecule has 22 heavy (non-hydrogen) atoms. The second kappa shape index (κ2) is 6.28. The lowest BCUT2D eigenvalue weighted by Crippen LogP contribution is -2.27. The van der Waals surface area contributed by atoms with Crippen LogP contribution in [0.25, 0.3) is 0 Å². The van der Waals surface area contributed by atoms with Crippen molar-refractivity contribution in [2.45, 2.75) is 26.4 Å². The Bertz CT molecular complexity index is 635. The van der Waals surface area contributed by atoms with Gasteiger partial charge in [0.15, 0.2) is 0 Å². The van der Waals surface area contributed by atoms with E-state index in [0.29, 0.717) is 0 Å². The highest BCUT2D eigenvalue weighted by atomic mass is 79.9. The number of carbonyl (C=O) groups is 1. The largest absolute Gasteiger partial charge is 0.469 e. The Kier molecular flexibility index (Phi) is 4.79. The van der Waals surface area contributed by atoms with Crippen LogP contribution in [0.3, 0.4) is 0 Å². The van der Waals surface area contributed by atoms with E-state index < -0.39 is 23.9 Å². The average molecular weight is 379 g/mol. The maximum Gasteiger partial charge on any atom is 0.469 e. The van der Waals surface area contributed by atoms with Gasteiger partial charge in [-0.05, 0) is 12.3 Å². The molecule has 0 saturated carbocycles. The fourth-order valence-corrected chi connectivity index (χ4v) is 2.50. The van der Waals surface area contributed by atoms with Crippen LogP contribution in [0.5, 0.6) is 0 Å². The minimum atomic E-state index is -4.68. The normalized spacial score (nSPS) is 21.6. The minimum absolute atomic E-state index is 0.0720. The molecule has 1 aliphatic rings. The Morgan fingerprint density at radius 1 is 1.50 bits per heavy atom. The molecule has 0 radical (unpaired) electrons. The third kappa shape index (κ3) is 3.60. The van der Waals surface area contributed by atoms with E-state index in [2.05, 4.69) is 30.6 Å². The Hall–Kier alpha value is -1.57. The maximum atomic E-state index is 12.6. The van der Waals surface area contributed by atoms with E-state index in [0.717, 1.165) is 4.48 Å². The van der Waals surface area contributed by atoms with Gasteiger partial charge in [0.25, 0.3) is 0 Å². The van der Waals surface area contributed by atoms with Gasteiger partial charge in [-0.25, -0.2) is 4.98 Å². The lowest BCUT2D eigenvalue weighted by atomic mass is 9.89. The molecule has 1 N–H and O–H groups in total. The SMILES string of the molecule is CCc1nc(C(F)(F)F)oc1NC(=O)C1C=C(Br)C=CC1C. The number of anilines is 1. The summed E-state index contributed by atoms with van der Waals surface area (Å²) < 4.78 is 43.3. The van der Waals surface area contributed by atoms with Crippen molar-refractivity contribution in [2.75, 3.05) is 5.32 Å². The number of carbonyl (C=O) groups excluding carboxylic acids is 1. The number of aryl methyl sites for hydroxylation is 1. The third-order valence-electron chi connectivity index (χ3n) is 3.28. The van der Waals surface area contributed by atoms with Crippen LogP contribution in [0.4, 0.5) is 19.1 Å². The van der Waals surface area contributed by atoms with Crippen molar-refractivity contribution < 1.29 is 22.4 Å². The fraction of sp³-hybridized carbons (Fsp3) is 0.429. The highest BCUT2D eigenvalue weighted by Gasteiger charge is 2.39. The summed E-state index contributed by atoms with van der Waals surface area (Å²) in [6, 6.07) is 0. The van der Waals surface area contributed by atoms with Gasteiger partial charge in [-0.3, -0.25) is 10.1 Å². The van der Waals surface area contributed by atoms with Gasteiger partial charge in [0.2, 0.25) is 11.8 Å². The molecule has 1 aromatic heterocycles. The molecule has 0 saturated heterocycles. The van der Waals surface area contributed by atoms with Crippen molar-refractivity contribution in [1.29, 1.82) is 0 Å². The van der Waals surface area contributed by atoms with Gasteiger partial charge in [-0.2, -0.15) is 13.2 Å².